The summed E-state index contributed by atoms with van der Waals surface area (Å²) in [7, 11) is 0. The van der Waals surface area contributed by atoms with Crippen LogP contribution in [0.25, 0.3) is 11.0 Å². The number of hydrogen-bond acceptors (Lipinski definition) is 6. The number of ether oxygens (including phenoxy) is 2. The molecule has 0 radical (unpaired) electrons. The number of fused-ring (bicyclic) bond motifs is 2. The van der Waals surface area contributed by atoms with E-state index >= 15 is 0 Å². The van der Waals surface area contributed by atoms with Gasteiger partial charge >= 0.3 is 0 Å². The summed E-state index contributed by atoms with van der Waals surface area (Å²) in [6.07, 6.45) is 1.87. The van der Waals surface area contributed by atoms with E-state index in [9.17, 15) is 9.59 Å². The van der Waals surface area contributed by atoms with Crippen molar-refractivity contribution in [2.45, 2.75) is 32.2 Å². The molecule has 0 saturated carbocycles. The topological polar surface area (TPSA) is 100 Å². The summed E-state index contributed by atoms with van der Waals surface area (Å²) >= 11 is 0. The van der Waals surface area contributed by atoms with E-state index in [-0.39, 0.29) is 11.5 Å². The molecule has 5 rings (SSSR count). The Bertz CT molecular complexity index is 1350. The first-order valence-electron chi connectivity index (χ1n) is 10.7. The first-order chi connectivity index (χ1) is 16.1. The Labute approximate surface area is 189 Å². The fraction of sp³-hybridized carbons (Fsp3) is 0.250. The van der Waals surface area contributed by atoms with Crippen LogP contribution in [0, 0.1) is 0 Å². The molecule has 0 fully saturated rings. The number of amides is 1. The molecule has 1 amide bonds. The van der Waals surface area contributed by atoms with E-state index in [0.717, 1.165) is 5.56 Å². The van der Waals surface area contributed by atoms with Crippen LogP contribution in [0.2, 0.25) is 0 Å². The van der Waals surface area contributed by atoms with Gasteiger partial charge in [-0.2, -0.15) is 5.10 Å². The summed E-state index contributed by atoms with van der Waals surface area (Å²) in [6, 6.07) is 17.0. The minimum atomic E-state index is -0.752. The lowest BCUT2D eigenvalue weighted by molar-refractivity contribution is -0.133. The molecular weight excluding hydrogens is 422 g/mol. The zero-order valence-electron chi connectivity index (χ0n) is 18.0. The van der Waals surface area contributed by atoms with Crippen molar-refractivity contribution in [3.05, 3.63) is 83.0 Å². The minimum Gasteiger partial charge on any atom is -0.482 e. The second kappa shape index (κ2) is 8.78. The highest BCUT2D eigenvalue weighted by atomic mass is 16.6. The molecule has 0 bridgehead atoms. The fourth-order valence-corrected chi connectivity index (χ4v) is 3.85. The number of carbonyl (C=O) groups is 1. The minimum absolute atomic E-state index is 0.153. The predicted molar refractivity (Wildman–Crippen MR) is 121 cm³/mol. The van der Waals surface area contributed by atoms with Crippen molar-refractivity contribution in [2.24, 2.45) is 0 Å². The predicted octanol–water partition coefficient (Wildman–Crippen LogP) is 1.99. The Morgan fingerprint density at radius 3 is 2.58 bits per heavy atom. The average molecular weight is 445 g/mol. The second-order valence-corrected chi connectivity index (χ2v) is 7.87. The van der Waals surface area contributed by atoms with Crippen molar-refractivity contribution in [2.75, 3.05) is 6.54 Å². The standard InChI is InChI=1S/C24H23N5O4/c1-16-21(33-20-10-6-5-9-19(20)32-16)23(30)25-11-12-29-22-18(13-27-29)24(31)28(15-26-22)14-17-7-3-2-4-8-17/h2-10,13,15-16,21H,11-12,14H2,1H3,(H,25,30). The molecule has 2 unspecified atom stereocenters. The van der Waals surface area contributed by atoms with E-state index in [1.54, 1.807) is 22.2 Å². The highest BCUT2D eigenvalue weighted by molar-refractivity contribution is 5.82. The van der Waals surface area contributed by atoms with Gasteiger partial charge in [-0.25, -0.2) is 9.67 Å². The molecule has 33 heavy (non-hydrogen) atoms. The Morgan fingerprint density at radius 2 is 1.79 bits per heavy atom. The van der Waals surface area contributed by atoms with Crippen molar-refractivity contribution < 1.29 is 14.3 Å². The van der Waals surface area contributed by atoms with Gasteiger partial charge in [0.1, 0.15) is 17.8 Å². The van der Waals surface area contributed by atoms with Gasteiger partial charge in [0.15, 0.2) is 17.1 Å². The molecule has 9 nitrogen and oxygen atoms in total. The molecule has 2 atom stereocenters. The molecule has 2 aromatic carbocycles. The molecule has 3 heterocycles. The largest absolute Gasteiger partial charge is 0.482 e. The van der Waals surface area contributed by atoms with Crippen LogP contribution in [-0.4, -0.2) is 44.0 Å². The molecule has 2 aromatic heterocycles. The van der Waals surface area contributed by atoms with Crippen molar-refractivity contribution in [1.29, 1.82) is 0 Å². The van der Waals surface area contributed by atoms with E-state index in [1.165, 1.54) is 12.5 Å². The molecule has 0 spiro atoms. The zero-order valence-corrected chi connectivity index (χ0v) is 18.0. The third-order valence-corrected chi connectivity index (χ3v) is 5.54. The SMILES string of the molecule is CC1Oc2ccccc2OC1C(=O)NCCn1ncc2c(=O)n(Cc3ccccc3)cnc21. The van der Waals surface area contributed by atoms with Crippen molar-refractivity contribution >= 4 is 16.9 Å². The summed E-state index contributed by atoms with van der Waals surface area (Å²) in [5, 5.41) is 7.59. The van der Waals surface area contributed by atoms with Crippen LogP contribution in [0.3, 0.4) is 0 Å². The Morgan fingerprint density at radius 1 is 1.06 bits per heavy atom. The quantitative estimate of drug-likeness (QED) is 0.487. The summed E-state index contributed by atoms with van der Waals surface area (Å²) in [4.78, 5) is 29.9. The number of rotatable bonds is 6. The van der Waals surface area contributed by atoms with Crippen molar-refractivity contribution in [1.82, 2.24) is 24.6 Å². The van der Waals surface area contributed by atoms with Crippen LogP contribution in [0.5, 0.6) is 11.5 Å². The van der Waals surface area contributed by atoms with Gasteiger partial charge in [0.25, 0.3) is 11.5 Å². The molecule has 0 aliphatic carbocycles. The molecule has 168 valence electrons. The van der Waals surface area contributed by atoms with Crippen molar-refractivity contribution in [3.8, 4) is 11.5 Å². The Hall–Kier alpha value is -4.14. The average Bonchev–Trinajstić information content (AvgIpc) is 3.24. The normalized spacial score (nSPS) is 17.1. The maximum Gasteiger partial charge on any atom is 0.265 e. The third-order valence-electron chi connectivity index (χ3n) is 5.54. The molecule has 0 saturated heterocycles. The van der Waals surface area contributed by atoms with E-state index in [0.29, 0.717) is 42.2 Å². The van der Waals surface area contributed by atoms with Crippen LogP contribution in [0.4, 0.5) is 0 Å². The van der Waals surface area contributed by atoms with Gasteiger partial charge in [-0.1, -0.05) is 42.5 Å². The maximum absolute atomic E-state index is 12.8. The van der Waals surface area contributed by atoms with Gasteiger partial charge in [-0.15, -0.1) is 0 Å². The van der Waals surface area contributed by atoms with Crippen LogP contribution in [0.1, 0.15) is 12.5 Å². The first kappa shape index (κ1) is 20.7. The molecule has 9 heteroatoms. The lowest BCUT2D eigenvalue weighted by atomic mass is 10.1. The van der Waals surface area contributed by atoms with Crippen LogP contribution in [-0.2, 0) is 17.9 Å². The number of aromatic nitrogens is 4. The van der Waals surface area contributed by atoms with Gasteiger partial charge in [-0.05, 0) is 24.6 Å². The monoisotopic (exact) mass is 445 g/mol. The second-order valence-electron chi connectivity index (χ2n) is 7.87. The van der Waals surface area contributed by atoms with Crippen LogP contribution >= 0.6 is 0 Å². The smallest absolute Gasteiger partial charge is 0.265 e. The van der Waals surface area contributed by atoms with E-state index in [4.69, 9.17) is 9.47 Å². The highest BCUT2D eigenvalue weighted by Crippen LogP contribution is 2.33. The van der Waals surface area contributed by atoms with E-state index < -0.39 is 12.2 Å². The first-order valence-corrected chi connectivity index (χ1v) is 10.7. The van der Waals surface area contributed by atoms with Crippen LogP contribution < -0.4 is 20.3 Å². The summed E-state index contributed by atoms with van der Waals surface area (Å²) in [5.41, 5.74) is 1.35. The van der Waals surface area contributed by atoms with E-state index in [1.807, 2.05) is 48.5 Å². The Kier molecular flexibility index (Phi) is 5.52. The molecule has 1 N–H and O–H groups in total. The fourth-order valence-electron chi connectivity index (χ4n) is 3.85. The Balaban J connectivity index is 1.23. The summed E-state index contributed by atoms with van der Waals surface area (Å²) in [6.45, 7) is 2.90. The number of nitrogens with zero attached hydrogens (tertiary/aromatic N) is 4. The number of nitrogens with one attached hydrogen (secondary N) is 1. The molecule has 4 aromatic rings. The number of benzene rings is 2. The van der Waals surface area contributed by atoms with E-state index in [2.05, 4.69) is 15.4 Å². The van der Waals surface area contributed by atoms with Crippen LogP contribution in [0.15, 0.2) is 71.9 Å². The van der Waals surface area contributed by atoms with Gasteiger partial charge < -0.3 is 14.8 Å². The lowest BCUT2D eigenvalue weighted by Crippen LogP contribution is -2.49. The molecule has 1 aliphatic rings. The van der Waals surface area contributed by atoms with Crippen molar-refractivity contribution in [3.63, 3.8) is 0 Å². The number of carbonyl (C=O) groups excluding carboxylic acids is 1. The van der Waals surface area contributed by atoms with Gasteiger partial charge in [0.05, 0.1) is 19.3 Å². The third kappa shape index (κ3) is 4.17. The summed E-state index contributed by atoms with van der Waals surface area (Å²) < 4.78 is 14.8. The maximum atomic E-state index is 12.8. The zero-order chi connectivity index (χ0) is 22.8. The van der Waals surface area contributed by atoms with Gasteiger partial charge in [0.2, 0.25) is 6.10 Å². The van der Waals surface area contributed by atoms with Gasteiger partial charge in [0, 0.05) is 6.54 Å². The lowest BCUT2D eigenvalue weighted by Gasteiger charge is -2.31. The van der Waals surface area contributed by atoms with Gasteiger partial charge in [-0.3, -0.25) is 14.2 Å². The summed E-state index contributed by atoms with van der Waals surface area (Å²) in [5.74, 6) is 0.900. The number of hydrogen-bond donors (Lipinski definition) is 1. The molecule has 1 aliphatic heterocycles. The molecular formula is C24H23N5O4. The highest BCUT2D eigenvalue weighted by Gasteiger charge is 2.33. The number of para-hydroxylation sites is 2.